The molecule has 2 aromatic heterocycles. The molecule has 1 fully saturated rings. The number of fused-ring (bicyclic) bond motifs is 2. The first kappa shape index (κ1) is 21.1. The van der Waals surface area contributed by atoms with Crippen LogP contribution in [0.25, 0.3) is 21.0 Å². The number of sulfonamides is 1. The summed E-state index contributed by atoms with van der Waals surface area (Å²) in [6, 6.07) is 11.6. The predicted octanol–water partition coefficient (Wildman–Crippen LogP) is 3.16. The zero-order valence-electron chi connectivity index (χ0n) is 16.7. The van der Waals surface area contributed by atoms with Gasteiger partial charge in [-0.05, 0) is 47.7 Å². The fraction of sp³-hybridized carbons (Fsp3) is 0.190. The van der Waals surface area contributed by atoms with E-state index in [2.05, 4.69) is 14.7 Å². The van der Waals surface area contributed by atoms with Crippen LogP contribution in [0, 0.1) is 0 Å². The van der Waals surface area contributed by atoms with E-state index in [-0.39, 0.29) is 10.1 Å². The number of hydrogen-bond donors (Lipinski definition) is 2. The summed E-state index contributed by atoms with van der Waals surface area (Å²) in [5, 5.41) is 2.05. The number of amides is 1. The summed E-state index contributed by atoms with van der Waals surface area (Å²) >= 11 is 7.13. The van der Waals surface area contributed by atoms with Gasteiger partial charge in [0.2, 0.25) is 5.91 Å². The number of nitrogen functional groups attached to an aromatic ring is 1. The van der Waals surface area contributed by atoms with Crippen molar-refractivity contribution in [2.45, 2.75) is 23.2 Å². The molecule has 8 nitrogen and oxygen atoms in total. The van der Waals surface area contributed by atoms with Gasteiger partial charge in [0.25, 0.3) is 10.0 Å². The quantitative estimate of drug-likeness (QED) is 0.446. The van der Waals surface area contributed by atoms with Crippen molar-refractivity contribution in [1.82, 2.24) is 19.6 Å². The van der Waals surface area contributed by atoms with Gasteiger partial charge in [0.15, 0.2) is 0 Å². The second-order valence-corrected chi connectivity index (χ2v) is 11.0. The van der Waals surface area contributed by atoms with Crippen LogP contribution in [-0.2, 0) is 21.4 Å². The maximum Gasteiger partial charge on any atom is 0.250 e. The van der Waals surface area contributed by atoms with Crippen molar-refractivity contribution < 1.29 is 13.2 Å². The van der Waals surface area contributed by atoms with E-state index in [1.54, 1.807) is 29.2 Å². The number of aromatic nitrogens is 2. The highest BCUT2D eigenvalue weighted by molar-refractivity contribution is 7.91. The highest BCUT2D eigenvalue weighted by Crippen LogP contribution is 2.31. The predicted molar refractivity (Wildman–Crippen MR) is 125 cm³/mol. The topological polar surface area (TPSA) is 118 Å². The Morgan fingerprint density at radius 3 is 2.88 bits per heavy atom. The molecule has 0 bridgehead atoms. The van der Waals surface area contributed by atoms with Crippen molar-refractivity contribution in [3.8, 4) is 0 Å². The molecule has 1 aliphatic heterocycles. The summed E-state index contributed by atoms with van der Waals surface area (Å²) in [6.45, 7) is 0.801. The van der Waals surface area contributed by atoms with E-state index in [4.69, 9.17) is 17.3 Å². The summed E-state index contributed by atoms with van der Waals surface area (Å²) in [7, 11) is -3.84. The lowest BCUT2D eigenvalue weighted by molar-refractivity contribution is -0.129. The summed E-state index contributed by atoms with van der Waals surface area (Å²) < 4.78 is 29.3. The Bertz CT molecular complexity index is 1470. The first-order valence-electron chi connectivity index (χ1n) is 9.79. The Balaban J connectivity index is 1.32. The standard InChI is InChI=1S/C21H18ClN5O3S2/c22-14-3-2-13-8-19(31-18(13)9-14)32(29,30)26-17-5-6-27(21(17)28)10-12-1-4-16-15(7-12)20(23)25-11-24-16/h1-4,7-9,11,17,26H,5-6,10H2,(H2,23,24,25)/t17-/m0/s1. The lowest BCUT2D eigenvalue weighted by atomic mass is 10.1. The molecule has 0 radical (unpaired) electrons. The second-order valence-electron chi connectivity index (χ2n) is 7.58. The lowest BCUT2D eigenvalue weighted by Crippen LogP contribution is -2.41. The van der Waals surface area contributed by atoms with Gasteiger partial charge in [-0.1, -0.05) is 23.7 Å². The molecule has 3 N–H and O–H groups in total. The number of rotatable bonds is 5. The molecule has 0 spiro atoms. The number of likely N-dealkylation sites (tertiary alicyclic amines) is 1. The molecule has 1 saturated heterocycles. The van der Waals surface area contributed by atoms with E-state index in [0.29, 0.717) is 30.4 Å². The van der Waals surface area contributed by atoms with Crippen LogP contribution in [0.3, 0.4) is 0 Å². The fourth-order valence-electron chi connectivity index (χ4n) is 3.81. The van der Waals surface area contributed by atoms with Gasteiger partial charge in [-0.2, -0.15) is 4.72 Å². The van der Waals surface area contributed by atoms with Crippen LogP contribution in [0.15, 0.2) is 53.0 Å². The SMILES string of the molecule is Nc1ncnc2ccc(CN3CC[C@H](NS(=O)(=O)c4cc5ccc(Cl)cc5s4)C3=O)cc12. The van der Waals surface area contributed by atoms with Gasteiger partial charge in [-0.3, -0.25) is 4.79 Å². The van der Waals surface area contributed by atoms with Crippen LogP contribution in [0.4, 0.5) is 5.82 Å². The van der Waals surface area contributed by atoms with E-state index >= 15 is 0 Å². The molecule has 1 aliphatic rings. The van der Waals surface area contributed by atoms with Gasteiger partial charge < -0.3 is 10.6 Å². The zero-order chi connectivity index (χ0) is 22.5. The Hall–Kier alpha value is -2.79. The summed E-state index contributed by atoms with van der Waals surface area (Å²) in [4.78, 5) is 22.7. The maximum atomic E-state index is 12.9. The number of carbonyl (C=O) groups excluding carboxylic acids is 1. The molecule has 1 amide bonds. The van der Waals surface area contributed by atoms with Gasteiger partial charge in [-0.15, -0.1) is 11.3 Å². The summed E-state index contributed by atoms with van der Waals surface area (Å²) in [6.07, 6.45) is 1.80. The normalized spacial score (nSPS) is 17.0. The molecule has 0 unspecified atom stereocenters. The second kappa shape index (κ2) is 7.96. The number of halogens is 1. The Morgan fingerprint density at radius 2 is 2.03 bits per heavy atom. The van der Waals surface area contributed by atoms with E-state index < -0.39 is 16.1 Å². The molecule has 11 heteroatoms. The van der Waals surface area contributed by atoms with E-state index in [1.807, 2.05) is 18.2 Å². The third-order valence-electron chi connectivity index (χ3n) is 5.42. The first-order chi connectivity index (χ1) is 15.3. The number of nitrogens with two attached hydrogens (primary N) is 1. The van der Waals surface area contributed by atoms with Crippen molar-refractivity contribution in [2.75, 3.05) is 12.3 Å². The van der Waals surface area contributed by atoms with Crippen molar-refractivity contribution >= 4 is 65.7 Å². The minimum absolute atomic E-state index is 0.158. The van der Waals surface area contributed by atoms with Gasteiger partial charge in [-0.25, -0.2) is 18.4 Å². The third kappa shape index (κ3) is 3.90. The number of hydrogen-bond acceptors (Lipinski definition) is 7. The molecule has 1 atom stereocenters. The Labute approximate surface area is 193 Å². The molecule has 164 valence electrons. The molecular formula is C21H18ClN5O3S2. The van der Waals surface area contributed by atoms with Gasteiger partial charge in [0.05, 0.1) is 5.52 Å². The molecule has 32 heavy (non-hydrogen) atoms. The smallest absolute Gasteiger partial charge is 0.250 e. The van der Waals surface area contributed by atoms with Crippen LogP contribution >= 0.6 is 22.9 Å². The van der Waals surface area contributed by atoms with Crippen LogP contribution in [0.2, 0.25) is 5.02 Å². The van der Waals surface area contributed by atoms with E-state index in [0.717, 1.165) is 37.9 Å². The average Bonchev–Trinajstić information content (AvgIpc) is 3.33. The third-order valence-corrected chi connectivity index (χ3v) is 8.70. The highest BCUT2D eigenvalue weighted by atomic mass is 35.5. The van der Waals surface area contributed by atoms with E-state index in [1.165, 1.54) is 6.33 Å². The number of nitrogens with zero attached hydrogens (tertiary/aromatic N) is 3. The van der Waals surface area contributed by atoms with E-state index in [9.17, 15) is 13.2 Å². The number of anilines is 1. The number of nitrogens with one attached hydrogen (secondary N) is 1. The molecule has 0 saturated carbocycles. The monoisotopic (exact) mass is 487 g/mol. The van der Waals surface area contributed by atoms with Gasteiger partial charge in [0.1, 0.15) is 22.4 Å². The van der Waals surface area contributed by atoms with Crippen LogP contribution < -0.4 is 10.5 Å². The van der Waals surface area contributed by atoms with Gasteiger partial charge in [0, 0.05) is 28.2 Å². The highest BCUT2D eigenvalue weighted by Gasteiger charge is 2.35. The van der Waals surface area contributed by atoms with Crippen molar-refractivity contribution in [3.63, 3.8) is 0 Å². The number of thiophene rings is 1. The largest absolute Gasteiger partial charge is 0.383 e. The van der Waals surface area contributed by atoms with Crippen molar-refractivity contribution in [3.05, 3.63) is 59.4 Å². The number of carbonyl (C=O) groups is 1. The molecule has 5 rings (SSSR count). The molecule has 0 aliphatic carbocycles. The van der Waals surface area contributed by atoms with Crippen LogP contribution in [0.5, 0.6) is 0 Å². The van der Waals surface area contributed by atoms with Crippen LogP contribution in [-0.4, -0.2) is 41.8 Å². The lowest BCUT2D eigenvalue weighted by Gasteiger charge is -2.17. The molecule has 3 heterocycles. The maximum absolute atomic E-state index is 12.9. The first-order valence-corrected chi connectivity index (χ1v) is 12.5. The minimum atomic E-state index is -3.84. The molecule has 4 aromatic rings. The van der Waals surface area contributed by atoms with Crippen molar-refractivity contribution in [2.24, 2.45) is 0 Å². The summed E-state index contributed by atoms with van der Waals surface area (Å²) in [5.41, 5.74) is 7.53. The Morgan fingerprint density at radius 1 is 1.19 bits per heavy atom. The number of benzene rings is 2. The zero-order valence-corrected chi connectivity index (χ0v) is 19.0. The van der Waals surface area contributed by atoms with Crippen molar-refractivity contribution in [1.29, 1.82) is 0 Å². The van der Waals surface area contributed by atoms with Gasteiger partial charge >= 0.3 is 0 Å². The van der Waals surface area contributed by atoms with Crippen LogP contribution in [0.1, 0.15) is 12.0 Å². The Kier molecular flexibility index (Phi) is 5.25. The summed E-state index contributed by atoms with van der Waals surface area (Å²) in [5.74, 6) is 0.120. The average molecular weight is 488 g/mol. The minimum Gasteiger partial charge on any atom is -0.383 e. The molecular weight excluding hydrogens is 470 g/mol. The molecule has 2 aromatic carbocycles. The fourth-order valence-corrected chi connectivity index (χ4v) is 6.72.